The highest BCUT2D eigenvalue weighted by molar-refractivity contribution is 5.79. The molecule has 1 N–H and O–H groups in total. The molecule has 0 bridgehead atoms. The van der Waals surface area contributed by atoms with Crippen LogP contribution in [0.3, 0.4) is 0 Å². The van der Waals surface area contributed by atoms with E-state index in [4.69, 9.17) is 0 Å². The fourth-order valence-electron chi connectivity index (χ4n) is 2.42. The van der Waals surface area contributed by atoms with Crippen molar-refractivity contribution in [3.05, 3.63) is 35.9 Å². The van der Waals surface area contributed by atoms with Crippen LogP contribution in [0.15, 0.2) is 30.3 Å². The van der Waals surface area contributed by atoms with Crippen LogP contribution in [0.5, 0.6) is 0 Å². The van der Waals surface area contributed by atoms with Crippen LogP contribution in [0.25, 0.3) is 0 Å². The van der Waals surface area contributed by atoms with Gasteiger partial charge in [-0.1, -0.05) is 30.3 Å². The van der Waals surface area contributed by atoms with Gasteiger partial charge in [-0.25, -0.2) is 0 Å². The van der Waals surface area contributed by atoms with Gasteiger partial charge in [-0.2, -0.15) is 0 Å². The van der Waals surface area contributed by atoms with Crippen molar-refractivity contribution >= 4 is 11.8 Å². The third-order valence-corrected chi connectivity index (χ3v) is 3.60. The van der Waals surface area contributed by atoms with E-state index in [9.17, 15) is 9.59 Å². The zero-order valence-corrected chi connectivity index (χ0v) is 11.8. The summed E-state index contributed by atoms with van der Waals surface area (Å²) >= 11 is 0. The molecule has 1 aromatic rings. The smallest absolute Gasteiger partial charge is 0.224 e. The van der Waals surface area contributed by atoms with Gasteiger partial charge in [-0.15, -0.1) is 0 Å². The first-order chi connectivity index (χ1) is 9.75. The number of hydrogen-bond donors (Lipinski definition) is 1. The third kappa shape index (κ3) is 4.68. The topological polar surface area (TPSA) is 49.4 Å². The Morgan fingerprint density at radius 3 is 2.45 bits per heavy atom. The molecule has 1 heterocycles. The standard InChI is InChI=1S/C16H22N2O2/c19-15(9-8-14-6-2-1-3-7-14)17-11-10-16(20)18-12-4-5-13-18/h1-3,6-7H,4-5,8-13H2,(H,17,19). The summed E-state index contributed by atoms with van der Waals surface area (Å²) in [6.07, 6.45) is 3.84. The van der Waals surface area contributed by atoms with Crippen molar-refractivity contribution in [3.8, 4) is 0 Å². The van der Waals surface area contributed by atoms with Gasteiger partial charge in [0.05, 0.1) is 0 Å². The zero-order chi connectivity index (χ0) is 14.2. The largest absolute Gasteiger partial charge is 0.356 e. The Morgan fingerprint density at radius 2 is 1.75 bits per heavy atom. The van der Waals surface area contributed by atoms with Crippen molar-refractivity contribution in [2.75, 3.05) is 19.6 Å². The third-order valence-electron chi connectivity index (χ3n) is 3.60. The number of carbonyl (C=O) groups excluding carboxylic acids is 2. The molecule has 0 aromatic heterocycles. The summed E-state index contributed by atoms with van der Waals surface area (Å²) in [6.45, 7) is 2.20. The highest BCUT2D eigenvalue weighted by Gasteiger charge is 2.17. The maximum atomic E-state index is 11.8. The minimum atomic E-state index is 0.0167. The van der Waals surface area contributed by atoms with Gasteiger partial charge in [-0.3, -0.25) is 9.59 Å². The Bertz CT molecular complexity index is 439. The van der Waals surface area contributed by atoms with E-state index >= 15 is 0 Å². The van der Waals surface area contributed by atoms with Crippen molar-refractivity contribution in [1.82, 2.24) is 10.2 Å². The Hall–Kier alpha value is -1.84. The van der Waals surface area contributed by atoms with Crippen molar-refractivity contribution in [1.29, 1.82) is 0 Å². The Morgan fingerprint density at radius 1 is 1.05 bits per heavy atom. The minimum absolute atomic E-state index is 0.0167. The molecule has 20 heavy (non-hydrogen) atoms. The van der Waals surface area contributed by atoms with Crippen molar-refractivity contribution in [3.63, 3.8) is 0 Å². The second-order valence-electron chi connectivity index (χ2n) is 5.17. The number of carbonyl (C=O) groups is 2. The number of likely N-dealkylation sites (tertiary alicyclic amines) is 1. The summed E-state index contributed by atoms with van der Waals surface area (Å²) in [7, 11) is 0. The first-order valence-corrected chi connectivity index (χ1v) is 7.34. The molecule has 1 aromatic carbocycles. The van der Waals surface area contributed by atoms with Gasteiger partial charge in [0, 0.05) is 32.5 Å². The van der Waals surface area contributed by atoms with Crippen LogP contribution in [-0.2, 0) is 16.0 Å². The molecule has 0 saturated carbocycles. The lowest BCUT2D eigenvalue weighted by Crippen LogP contribution is -2.32. The number of nitrogens with one attached hydrogen (secondary N) is 1. The molecule has 1 fully saturated rings. The molecular weight excluding hydrogens is 252 g/mol. The summed E-state index contributed by atoms with van der Waals surface area (Å²) < 4.78 is 0. The van der Waals surface area contributed by atoms with Crippen molar-refractivity contribution in [2.24, 2.45) is 0 Å². The summed E-state index contributed by atoms with van der Waals surface area (Å²) in [5, 5.41) is 2.82. The number of benzene rings is 1. The maximum Gasteiger partial charge on any atom is 0.224 e. The van der Waals surface area contributed by atoms with Gasteiger partial charge in [0.1, 0.15) is 0 Å². The fraction of sp³-hybridized carbons (Fsp3) is 0.500. The predicted molar refractivity (Wildman–Crippen MR) is 78.2 cm³/mol. The van der Waals surface area contributed by atoms with E-state index in [0.717, 1.165) is 37.9 Å². The second-order valence-corrected chi connectivity index (χ2v) is 5.17. The number of nitrogens with zero attached hydrogens (tertiary/aromatic N) is 1. The molecule has 0 aliphatic carbocycles. The van der Waals surface area contributed by atoms with Crippen LogP contribution < -0.4 is 5.32 Å². The molecule has 0 atom stereocenters. The molecule has 0 radical (unpaired) electrons. The first kappa shape index (κ1) is 14.6. The SMILES string of the molecule is O=C(CCc1ccccc1)NCCC(=O)N1CCCC1. The molecule has 1 aliphatic rings. The van der Waals surface area contributed by atoms with Crippen LogP contribution in [0, 0.1) is 0 Å². The van der Waals surface area contributed by atoms with Crippen molar-refractivity contribution in [2.45, 2.75) is 32.1 Å². The van der Waals surface area contributed by atoms with E-state index in [0.29, 0.717) is 19.4 Å². The monoisotopic (exact) mass is 274 g/mol. The van der Waals surface area contributed by atoms with E-state index in [1.165, 1.54) is 0 Å². The summed E-state index contributed by atoms with van der Waals surface area (Å²) in [6, 6.07) is 9.95. The highest BCUT2D eigenvalue weighted by atomic mass is 16.2. The van der Waals surface area contributed by atoms with Crippen LogP contribution in [0.4, 0.5) is 0 Å². The Kier molecular flexibility index (Phi) is 5.59. The number of amides is 2. The fourth-order valence-corrected chi connectivity index (χ4v) is 2.42. The Balaban J connectivity index is 1.59. The summed E-state index contributed by atoms with van der Waals surface area (Å²) in [4.78, 5) is 25.3. The molecular formula is C16H22N2O2. The van der Waals surface area contributed by atoms with Gasteiger partial charge in [0.2, 0.25) is 11.8 Å². The molecule has 4 heteroatoms. The molecule has 2 rings (SSSR count). The number of aryl methyl sites for hydroxylation is 1. The Labute approximate surface area is 120 Å². The molecule has 2 amide bonds. The summed E-state index contributed by atoms with van der Waals surface area (Å²) in [5.41, 5.74) is 1.16. The molecule has 0 unspecified atom stereocenters. The zero-order valence-electron chi connectivity index (χ0n) is 11.8. The lowest BCUT2D eigenvalue weighted by atomic mass is 10.1. The quantitative estimate of drug-likeness (QED) is 0.859. The maximum absolute atomic E-state index is 11.8. The molecule has 4 nitrogen and oxygen atoms in total. The molecule has 1 saturated heterocycles. The van der Waals surface area contributed by atoms with Gasteiger partial charge in [-0.05, 0) is 24.8 Å². The van der Waals surface area contributed by atoms with Gasteiger partial charge < -0.3 is 10.2 Å². The lowest BCUT2D eigenvalue weighted by Gasteiger charge is -2.15. The average Bonchev–Trinajstić information content (AvgIpc) is 3.00. The predicted octanol–water partition coefficient (Wildman–Crippen LogP) is 1.75. The van der Waals surface area contributed by atoms with Gasteiger partial charge in [0.15, 0.2) is 0 Å². The lowest BCUT2D eigenvalue weighted by molar-refractivity contribution is -0.130. The number of hydrogen-bond acceptors (Lipinski definition) is 2. The van der Waals surface area contributed by atoms with Gasteiger partial charge >= 0.3 is 0 Å². The minimum Gasteiger partial charge on any atom is -0.356 e. The molecule has 108 valence electrons. The van der Waals surface area contributed by atoms with Crippen LogP contribution in [0.2, 0.25) is 0 Å². The van der Waals surface area contributed by atoms with Crippen LogP contribution in [0.1, 0.15) is 31.2 Å². The van der Waals surface area contributed by atoms with Gasteiger partial charge in [0.25, 0.3) is 0 Å². The first-order valence-electron chi connectivity index (χ1n) is 7.34. The molecule has 1 aliphatic heterocycles. The van der Waals surface area contributed by atoms with E-state index < -0.39 is 0 Å². The van der Waals surface area contributed by atoms with E-state index in [1.54, 1.807) is 0 Å². The van der Waals surface area contributed by atoms with Crippen LogP contribution >= 0.6 is 0 Å². The highest BCUT2D eigenvalue weighted by Crippen LogP contribution is 2.08. The van der Waals surface area contributed by atoms with E-state index in [1.807, 2.05) is 35.2 Å². The van der Waals surface area contributed by atoms with Crippen molar-refractivity contribution < 1.29 is 9.59 Å². The van der Waals surface area contributed by atoms with E-state index in [2.05, 4.69) is 5.32 Å². The normalized spacial score (nSPS) is 14.3. The van der Waals surface area contributed by atoms with Crippen LogP contribution in [-0.4, -0.2) is 36.3 Å². The molecule has 0 spiro atoms. The van der Waals surface area contributed by atoms with E-state index in [-0.39, 0.29) is 11.8 Å². The summed E-state index contributed by atoms with van der Waals surface area (Å²) in [5.74, 6) is 0.175. The number of rotatable bonds is 6. The average molecular weight is 274 g/mol. The second kappa shape index (κ2) is 7.68.